The van der Waals surface area contributed by atoms with Crippen molar-refractivity contribution >= 4 is 11.9 Å². The molecule has 2 N–H and O–H groups in total. The number of aromatic nitrogens is 2. The van der Waals surface area contributed by atoms with Gasteiger partial charge in [0.2, 0.25) is 5.91 Å². The highest BCUT2D eigenvalue weighted by molar-refractivity contribution is 5.89. The molecule has 1 aromatic heterocycles. The highest BCUT2D eigenvalue weighted by atomic mass is 16.4. The number of nitrogens with one attached hydrogen (secondary N) is 1. The molecule has 6 nitrogen and oxygen atoms in total. The third-order valence-corrected chi connectivity index (χ3v) is 4.50. The van der Waals surface area contributed by atoms with Crippen LogP contribution in [0.3, 0.4) is 0 Å². The monoisotopic (exact) mass is 339 g/mol. The number of aryl methyl sites for hydroxylation is 3. The summed E-state index contributed by atoms with van der Waals surface area (Å²) in [6.45, 7) is 1.88. The zero-order chi connectivity index (χ0) is 17.8. The van der Waals surface area contributed by atoms with Gasteiger partial charge in [0, 0.05) is 24.4 Å². The number of hydrogen-bond acceptors (Lipinski definition) is 4. The average Bonchev–Trinajstić information content (AvgIpc) is 2.60. The number of rotatable bonds is 5. The Morgan fingerprint density at radius 2 is 2.12 bits per heavy atom. The van der Waals surface area contributed by atoms with E-state index in [1.165, 1.54) is 0 Å². The van der Waals surface area contributed by atoms with Crippen molar-refractivity contribution in [3.63, 3.8) is 0 Å². The van der Waals surface area contributed by atoms with E-state index in [4.69, 9.17) is 0 Å². The fourth-order valence-corrected chi connectivity index (χ4v) is 3.23. The van der Waals surface area contributed by atoms with Gasteiger partial charge in [-0.2, -0.15) is 0 Å². The lowest BCUT2D eigenvalue weighted by atomic mass is 9.92. The number of carbonyl (C=O) groups is 2. The summed E-state index contributed by atoms with van der Waals surface area (Å²) >= 11 is 0. The SMILES string of the molecule is Cc1ncc2c(n1)CCC(NC(=O)CCc1ccccc1C(=O)O)C2. The first-order chi connectivity index (χ1) is 12.0. The summed E-state index contributed by atoms with van der Waals surface area (Å²) in [5.41, 5.74) is 3.11. The smallest absolute Gasteiger partial charge is 0.335 e. The van der Waals surface area contributed by atoms with Crippen LogP contribution in [0.25, 0.3) is 0 Å². The van der Waals surface area contributed by atoms with Gasteiger partial charge in [-0.25, -0.2) is 14.8 Å². The van der Waals surface area contributed by atoms with Crippen LogP contribution in [0, 0.1) is 6.92 Å². The Kier molecular flexibility index (Phi) is 5.07. The van der Waals surface area contributed by atoms with Crippen LogP contribution in [0.4, 0.5) is 0 Å². The predicted molar refractivity (Wildman–Crippen MR) is 92.4 cm³/mol. The molecule has 0 aliphatic heterocycles. The van der Waals surface area contributed by atoms with Gasteiger partial charge in [-0.05, 0) is 49.8 Å². The molecule has 0 bridgehead atoms. The number of fused-ring (bicyclic) bond motifs is 1. The number of carboxylic acids is 1. The van der Waals surface area contributed by atoms with Crippen molar-refractivity contribution in [2.45, 2.75) is 45.1 Å². The maximum Gasteiger partial charge on any atom is 0.335 e. The molecule has 1 aromatic carbocycles. The number of carboxylic acid groups (broad SMARTS) is 1. The van der Waals surface area contributed by atoms with E-state index in [-0.39, 0.29) is 23.9 Å². The zero-order valence-electron chi connectivity index (χ0n) is 14.2. The van der Waals surface area contributed by atoms with E-state index in [2.05, 4.69) is 15.3 Å². The molecule has 1 atom stereocenters. The lowest BCUT2D eigenvalue weighted by Gasteiger charge is -2.24. The molecule has 1 amide bonds. The first-order valence-corrected chi connectivity index (χ1v) is 8.45. The molecule has 6 heteroatoms. The molecule has 25 heavy (non-hydrogen) atoms. The predicted octanol–water partition coefficient (Wildman–Crippen LogP) is 2.09. The standard InChI is InChI=1S/C19H21N3O3/c1-12-20-11-14-10-15(7-8-17(14)21-12)22-18(23)9-6-13-4-2-3-5-16(13)19(24)25/h2-5,11,15H,6-10H2,1H3,(H,22,23)(H,24,25). The maximum absolute atomic E-state index is 12.2. The fourth-order valence-electron chi connectivity index (χ4n) is 3.23. The minimum atomic E-state index is -0.963. The Labute approximate surface area is 146 Å². The summed E-state index contributed by atoms with van der Waals surface area (Å²) in [5.74, 6) is -0.241. The number of hydrogen-bond donors (Lipinski definition) is 2. The second-order valence-corrected chi connectivity index (χ2v) is 6.36. The third kappa shape index (κ3) is 4.21. The van der Waals surface area contributed by atoms with Crippen molar-refractivity contribution in [1.29, 1.82) is 0 Å². The quantitative estimate of drug-likeness (QED) is 0.870. The molecular formula is C19H21N3O3. The van der Waals surface area contributed by atoms with Gasteiger partial charge in [-0.1, -0.05) is 18.2 Å². The molecular weight excluding hydrogens is 318 g/mol. The van der Waals surface area contributed by atoms with Crippen molar-refractivity contribution in [1.82, 2.24) is 15.3 Å². The molecule has 130 valence electrons. The van der Waals surface area contributed by atoms with Gasteiger partial charge in [0.05, 0.1) is 5.56 Å². The topological polar surface area (TPSA) is 92.2 Å². The minimum Gasteiger partial charge on any atom is -0.478 e. The normalized spacial score (nSPS) is 16.1. The Hall–Kier alpha value is -2.76. The number of nitrogens with zero attached hydrogens (tertiary/aromatic N) is 2. The molecule has 0 spiro atoms. The van der Waals surface area contributed by atoms with Gasteiger partial charge in [0.15, 0.2) is 0 Å². The highest BCUT2D eigenvalue weighted by Gasteiger charge is 2.21. The lowest BCUT2D eigenvalue weighted by Crippen LogP contribution is -2.39. The summed E-state index contributed by atoms with van der Waals surface area (Å²) in [5, 5.41) is 12.2. The number of carbonyl (C=O) groups excluding carboxylic acids is 1. The molecule has 2 aromatic rings. The first kappa shape index (κ1) is 17.1. The molecule has 3 rings (SSSR count). The van der Waals surface area contributed by atoms with Gasteiger partial charge in [-0.15, -0.1) is 0 Å². The van der Waals surface area contributed by atoms with Crippen LogP contribution in [0.1, 0.15) is 45.8 Å². The number of aromatic carboxylic acids is 1. The van der Waals surface area contributed by atoms with E-state index in [9.17, 15) is 14.7 Å². The van der Waals surface area contributed by atoms with Crippen LogP contribution in [-0.4, -0.2) is 33.0 Å². The van der Waals surface area contributed by atoms with E-state index in [1.807, 2.05) is 13.1 Å². The molecule has 1 heterocycles. The third-order valence-electron chi connectivity index (χ3n) is 4.50. The molecule has 0 saturated heterocycles. The van der Waals surface area contributed by atoms with Crippen LogP contribution in [0.15, 0.2) is 30.5 Å². The molecule has 1 unspecified atom stereocenters. The summed E-state index contributed by atoms with van der Waals surface area (Å²) in [7, 11) is 0. The largest absolute Gasteiger partial charge is 0.478 e. The van der Waals surface area contributed by atoms with E-state index in [0.717, 1.165) is 36.3 Å². The van der Waals surface area contributed by atoms with Crippen LogP contribution >= 0.6 is 0 Å². The second kappa shape index (κ2) is 7.42. The van der Waals surface area contributed by atoms with Gasteiger partial charge in [0.1, 0.15) is 5.82 Å². The average molecular weight is 339 g/mol. The summed E-state index contributed by atoms with van der Waals surface area (Å²) in [6.07, 6.45) is 4.98. The van der Waals surface area contributed by atoms with Crippen molar-refractivity contribution in [2.75, 3.05) is 0 Å². The molecule has 0 saturated carbocycles. The van der Waals surface area contributed by atoms with E-state index < -0.39 is 5.97 Å². The molecule has 1 aliphatic rings. The Morgan fingerprint density at radius 3 is 2.92 bits per heavy atom. The zero-order valence-corrected chi connectivity index (χ0v) is 14.2. The number of benzene rings is 1. The fraction of sp³-hybridized carbons (Fsp3) is 0.368. The molecule has 0 fully saturated rings. The summed E-state index contributed by atoms with van der Waals surface area (Å²) in [4.78, 5) is 32.1. The van der Waals surface area contributed by atoms with Crippen LogP contribution in [-0.2, 0) is 24.1 Å². The maximum atomic E-state index is 12.2. The minimum absolute atomic E-state index is 0.0540. The Morgan fingerprint density at radius 1 is 1.32 bits per heavy atom. The molecule has 1 aliphatic carbocycles. The van der Waals surface area contributed by atoms with Crippen LogP contribution in [0.5, 0.6) is 0 Å². The van der Waals surface area contributed by atoms with E-state index >= 15 is 0 Å². The van der Waals surface area contributed by atoms with E-state index in [0.29, 0.717) is 12.0 Å². The molecule has 0 radical (unpaired) electrons. The van der Waals surface area contributed by atoms with Crippen molar-refractivity contribution < 1.29 is 14.7 Å². The van der Waals surface area contributed by atoms with Crippen LogP contribution in [0.2, 0.25) is 0 Å². The van der Waals surface area contributed by atoms with Gasteiger partial charge < -0.3 is 10.4 Å². The van der Waals surface area contributed by atoms with Gasteiger partial charge in [-0.3, -0.25) is 4.79 Å². The number of amides is 1. The van der Waals surface area contributed by atoms with Gasteiger partial charge >= 0.3 is 5.97 Å². The summed E-state index contributed by atoms with van der Waals surface area (Å²) in [6, 6.07) is 6.89. The van der Waals surface area contributed by atoms with E-state index in [1.54, 1.807) is 24.3 Å². The first-order valence-electron chi connectivity index (χ1n) is 8.45. The van der Waals surface area contributed by atoms with Crippen molar-refractivity contribution in [2.24, 2.45) is 0 Å². The Balaban J connectivity index is 1.55. The van der Waals surface area contributed by atoms with Crippen LogP contribution < -0.4 is 5.32 Å². The summed E-state index contributed by atoms with van der Waals surface area (Å²) < 4.78 is 0. The van der Waals surface area contributed by atoms with Crippen molar-refractivity contribution in [3.05, 3.63) is 58.7 Å². The highest BCUT2D eigenvalue weighted by Crippen LogP contribution is 2.19. The van der Waals surface area contributed by atoms with Gasteiger partial charge in [0.25, 0.3) is 0 Å². The lowest BCUT2D eigenvalue weighted by molar-refractivity contribution is -0.121. The second-order valence-electron chi connectivity index (χ2n) is 6.36. The Bertz CT molecular complexity index is 804. The van der Waals surface area contributed by atoms with Crippen molar-refractivity contribution in [3.8, 4) is 0 Å².